The summed E-state index contributed by atoms with van der Waals surface area (Å²) in [7, 11) is 1.68. The molecule has 0 atom stereocenters. The largest absolute Gasteiger partial charge is 0.497 e. The highest BCUT2D eigenvalue weighted by Gasteiger charge is 2.20. The maximum Gasteiger partial charge on any atom is 0.238 e. The summed E-state index contributed by atoms with van der Waals surface area (Å²) in [4.78, 5) is 19.5. The SMILES string of the molecule is COc1ccc(N2CCN(CC(=O)Nc3ccc(N4CCC(C)CC4)cc3)CC2)cc1. The Hall–Kier alpha value is -2.73. The first-order valence-electron chi connectivity index (χ1n) is 11.4. The van der Waals surface area contributed by atoms with Gasteiger partial charge >= 0.3 is 0 Å². The Morgan fingerprint density at radius 2 is 1.42 bits per heavy atom. The standard InChI is InChI=1S/C25H34N4O2/c1-20-11-13-28(14-12-20)22-5-3-21(4-6-22)26-25(30)19-27-15-17-29(18-16-27)23-7-9-24(31-2)10-8-23/h3-10,20H,11-19H2,1-2H3,(H,26,30). The number of hydrogen-bond acceptors (Lipinski definition) is 5. The molecule has 1 amide bonds. The van der Waals surface area contributed by atoms with Crippen LogP contribution in [0.2, 0.25) is 0 Å². The molecular formula is C25H34N4O2. The fourth-order valence-electron chi connectivity index (χ4n) is 4.38. The van der Waals surface area contributed by atoms with Crippen molar-refractivity contribution in [3.63, 3.8) is 0 Å². The second kappa shape index (κ2) is 10.1. The van der Waals surface area contributed by atoms with E-state index in [0.717, 1.165) is 56.6 Å². The van der Waals surface area contributed by atoms with Crippen molar-refractivity contribution in [2.75, 3.05) is 68.0 Å². The van der Waals surface area contributed by atoms with E-state index in [1.54, 1.807) is 7.11 Å². The number of hydrogen-bond donors (Lipinski definition) is 1. The molecular weight excluding hydrogens is 388 g/mol. The molecule has 0 bridgehead atoms. The molecule has 2 heterocycles. The number of piperidine rings is 1. The van der Waals surface area contributed by atoms with Crippen molar-refractivity contribution in [1.29, 1.82) is 0 Å². The van der Waals surface area contributed by atoms with E-state index in [0.29, 0.717) is 6.54 Å². The van der Waals surface area contributed by atoms with E-state index in [1.807, 2.05) is 24.3 Å². The lowest BCUT2D eigenvalue weighted by atomic mass is 9.99. The fourth-order valence-corrected chi connectivity index (χ4v) is 4.38. The van der Waals surface area contributed by atoms with Gasteiger partial charge in [0.05, 0.1) is 13.7 Å². The summed E-state index contributed by atoms with van der Waals surface area (Å²) in [6.07, 6.45) is 2.51. The van der Waals surface area contributed by atoms with Crippen LogP contribution in [0.25, 0.3) is 0 Å². The predicted molar refractivity (Wildman–Crippen MR) is 127 cm³/mol. The summed E-state index contributed by atoms with van der Waals surface area (Å²) in [6.45, 7) is 8.60. The molecule has 0 saturated carbocycles. The molecule has 166 valence electrons. The molecule has 0 aliphatic carbocycles. The minimum atomic E-state index is 0.0532. The number of ether oxygens (including phenoxy) is 1. The van der Waals surface area contributed by atoms with Gasteiger partial charge < -0.3 is 19.9 Å². The van der Waals surface area contributed by atoms with Crippen molar-refractivity contribution in [1.82, 2.24) is 4.90 Å². The zero-order valence-corrected chi connectivity index (χ0v) is 18.7. The summed E-state index contributed by atoms with van der Waals surface area (Å²) < 4.78 is 5.23. The average Bonchev–Trinajstić information content (AvgIpc) is 2.81. The summed E-state index contributed by atoms with van der Waals surface area (Å²) in [5.41, 5.74) is 3.32. The Kier molecular flexibility index (Phi) is 6.97. The van der Waals surface area contributed by atoms with Gasteiger partial charge in [-0.05, 0) is 67.3 Å². The van der Waals surface area contributed by atoms with Crippen LogP contribution in [0.5, 0.6) is 5.75 Å². The topological polar surface area (TPSA) is 48.1 Å². The molecule has 6 nitrogen and oxygen atoms in total. The Labute approximate surface area is 185 Å². The highest BCUT2D eigenvalue weighted by molar-refractivity contribution is 5.92. The van der Waals surface area contributed by atoms with Gasteiger partial charge in [0.1, 0.15) is 5.75 Å². The minimum absolute atomic E-state index is 0.0532. The zero-order valence-electron chi connectivity index (χ0n) is 18.7. The molecule has 4 rings (SSSR count). The molecule has 0 spiro atoms. The van der Waals surface area contributed by atoms with Crippen LogP contribution in [-0.4, -0.2) is 63.7 Å². The third-order valence-corrected chi connectivity index (χ3v) is 6.48. The molecule has 2 aromatic rings. The number of carbonyl (C=O) groups is 1. The quantitative estimate of drug-likeness (QED) is 0.769. The average molecular weight is 423 g/mol. The van der Waals surface area contributed by atoms with Crippen molar-refractivity contribution in [3.8, 4) is 5.75 Å². The van der Waals surface area contributed by atoms with Crippen LogP contribution in [0.4, 0.5) is 17.1 Å². The second-order valence-corrected chi connectivity index (χ2v) is 8.73. The van der Waals surface area contributed by atoms with Crippen LogP contribution < -0.4 is 19.9 Å². The van der Waals surface area contributed by atoms with Crippen LogP contribution in [0.1, 0.15) is 19.8 Å². The van der Waals surface area contributed by atoms with Crippen LogP contribution >= 0.6 is 0 Å². The number of rotatable bonds is 6. The van der Waals surface area contributed by atoms with Crippen LogP contribution in [0, 0.1) is 5.92 Å². The Morgan fingerprint density at radius 3 is 2.00 bits per heavy atom. The van der Waals surface area contributed by atoms with Crippen molar-refractivity contribution < 1.29 is 9.53 Å². The number of benzene rings is 2. The molecule has 2 aliphatic heterocycles. The van der Waals surface area contributed by atoms with E-state index in [9.17, 15) is 4.79 Å². The Bertz CT molecular complexity index is 837. The summed E-state index contributed by atoms with van der Waals surface area (Å²) >= 11 is 0. The van der Waals surface area contributed by atoms with Crippen molar-refractivity contribution in [2.24, 2.45) is 5.92 Å². The molecule has 1 N–H and O–H groups in total. The second-order valence-electron chi connectivity index (χ2n) is 8.73. The van der Waals surface area contributed by atoms with E-state index >= 15 is 0 Å². The Balaban J connectivity index is 1.22. The molecule has 0 aromatic heterocycles. The smallest absolute Gasteiger partial charge is 0.238 e. The molecule has 2 aliphatic rings. The van der Waals surface area contributed by atoms with Gasteiger partial charge in [0.25, 0.3) is 0 Å². The van der Waals surface area contributed by atoms with Gasteiger partial charge in [0, 0.05) is 56.3 Å². The minimum Gasteiger partial charge on any atom is -0.497 e. The number of anilines is 3. The molecule has 0 radical (unpaired) electrons. The molecule has 0 unspecified atom stereocenters. The third kappa shape index (κ3) is 5.70. The van der Waals surface area contributed by atoms with Gasteiger partial charge in [0.2, 0.25) is 5.91 Å². The molecule has 2 saturated heterocycles. The molecule has 6 heteroatoms. The lowest BCUT2D eigenvalue weighted by molar-refractivity contribution is -0.117. The first-order valence-corrected chi connectivity index (χ1v) is 11.4. The van der Waals surface area contributed by atoms with Gasteiger partial charge in [-0.2, -0.15) is 0 Å². The van der Waals surface area contributed by atoms with Crippen molar-refractivity contribution in [2.45, 2.75) is 19.8 Å². The number of nitrogens with one attached hydrogen (secondary N) is 1. The molecule has 2 aromatic carbocycles. The van der Waals surface area contributed by atoms with Crippen molar-refractivity contribution in [3.05, 3.63) is 48.5 Å². The predicted octanol–water partition coefficient (Wildman–Crippen LogP) is 3.69. The summed E-state index contributed by atoms with van der Waals surface area (Å²) in [6, 6.07) is 16.5. The first-order chi connectivity index (χ1) is 15.1. The van der Waals surface area contributed by atoms with Gasteiger partial charge in [-0.25, -0.2) is 0 Å². The van der Waals surface area contributed by atoms with Crippen LogP contribution in [0.15, 0.2) is 48.5 Å². The van der Waals surface area contributed by atoms with Gasteiger partial charge in [-0.3, -0.25) is 9.69 Å². The lowest BCUT2D eigenvalue weighted by Crippen LogP contribution is -2.48. The van der Waals surface area contributed by atoms with Gasteiger partial charge in [-0.1, -0.05) is 6.92 Å². The van der Waals surface area contributed by atoms with E-state index < -0.39 is 0 Å². The normalized spacial score (nSPS) is 18.1. The van der Waals surface area contributed by atoms with Gasteiger partial charge in [0.15, 0.2) is 0 Å². The highest BCUT2D eigenvalue weighted by atomic mass is 16.5. The van der Waals surface area contributed by atoms with E-state index in [2.05, 4.69) is 51.2 Å². The number of methoxy groups -OCH3 is 1. The first kappa shape index (κ1) is 21.5. The lowest BCUT2D eigenvalue weighted by Gasteiger charge is -2.35. The maximum absolute atomic E-state index is 12.5. The van der Waals surface area contributed by atoms with Crippen LogP contribution in [-0.2, 0) is 4.79 Å². The number of carbonyl (C=O) groups excluding carboxylic acids is 1. The van der Waals surface area contributed by atoms with Crippen molar-refractivity contribution >= 4 is 23.0 Å². The number of nitrogens with zero attached hydrogens (tertiary/aromatic N) is 3. The van der Waals surface area contributed by atoms with Gasteiger partial charge in [-0.15, -0.1) is 0 Å². The Morgan fingerprint density at radius 1 is 0.871 bits per heavy atom. The zero-order chi connectivity index (χ0) is 21.6. The third-order valence-electron chi connectivity index (χ3n) is 6.48. The monoisotopic (exact) mass is 422 g/mol. The fraction of sp³-hybridized carbons (Fsp3) is 0.480. The van der Waals surface area contributed by atoms with E-state index in [4.69, 9.17) is 4.74 Å². The molecule has 31 heavy (non-hydrogen) atoms. The number of piperazine rings is 1. The highest BCUT2D eigenvalue weighted by Crippen LogP contribution is 2.24. The maximum atomic E-state index is 12.5. The van der Waals surface area contributed by atoms with Crippen LogP contribution in [0.3, 0.4) is 0 Å². The molecule has 2 fully saturated rings. The number of amides is 1. The summed E-state index contributed by atoms with van der Waals surface area (Å²) in [5, 5.41) is 3.06. The van der Waals surface area contributed by atoms with E-state index in [-0.39, 0.29) is 5.91 Å². The van der Waals surface area contributed by atoms with E-state index in [1.165, 1.54) is 24.2 Å². The summed E-state index contributed by atoms with van der Waals surface area (Å²) in [5.74, 6) is 1.75.